The van der Waals surface area contributed by atoms with Crippen molar-refractivity contribution in [1.29, 1.82) is 0 Å². The molecule has 0 bridgehead atoms. The summed E-state index contributed by atoms with van der Waals surface area (Å²) >= 11 is 5.34. The highest BCUT2D eigenvalue weighted by Gasteiger charge is 2.12. The lowest BCUT2D eigenvalue weighted by molar-refractivity contribution is 0.240. The minimum absolute atomic E-state index is 0.327. The Morgan fingerprint density at radius 1 is 1.07 bits per heavy atom. The van der Waals surface area contributed by atoms with Crippen molar-refractivity contribution in [2.75, 3.05) is 27.9 Å². The molecule has 2 aromatic carbocycles. The third-order valence-electron chi connectivity index (χ3n) is 4.29. The zero-order chi connectivity index (χ0) is 20.8. The number of methoxy groups -OCH3 is 2. The Morgan fingerprint density at radius 3 is 2.45 bits per heavy atom. The van der Waals surface area contributed by atoms with E-state index >= 15 is 0 Å². The summed E-state index contributed by atoms with van der Waals surface area (Å²) in [6.07, 6.45) is 0. The van der Waals surface area contributed by atoms with Gasteiger partial charge < -0.3 is 18.6 Å². The van der Waals surface area contributed by atoms with Crippen LogP contribution in [0.15, 0.2) is 46.9 Å². The molecule has 0 saturated carbocycles. The first-order valence-corrected chi connectivity index (χ1v) is 9.65. The number of rotatable bonds is 9. The average Bonchev–Trinajstić information content (AvgIpc) is 3.08. The number of hydrogen-bond acceptors (Lipinski definition) is 7. The van der Waals surface area contributed by atoms with E-state index in [1.165, 1.54) is 0 Å². The first-order valence-electron chi connectivity index (χ1n) is 9.24. The van der Waals surface area contributed by atoms with Crippen LogP contribution in [-0.4, -0.2) is 42.6 Å². The van der Waals surface area contributed by atoms with Crippen molar-refractivity contribution in [1.82, 2.24) is 14.7 Å². The Kier molecular flexibility index (Phi) is 6.90. The zero-order valence-electron chi connectivity index (χ0n) is 17.0. The van der Waals surface area contributed by atoms with E-state index in [1.54, 1.807) is 18.9 Å². The largest absolute Gasteiger partial charge is 0.494 e. The molecule has 0 aliphatic carbocycles. The Labute approximate surface area is 175 Å². The van der Waals surface area contributed by atoms with Gasteiger partial charge >= 0.3 is 0 Å². The van der Waals surface area contributed by atoms with Crippen LogP contribution in [0.3, 0.4) is 0 Å². The lowest BCUT2D eigenvalue weighted by Gasteiger charge is -2.17. The van der Waals surface area contributed by atoms with Gasteiger partial charge in [-0.1, -0.05) is 6.07 Å². The molecule has 3 aromatic rings. The van der Waals surface area contributed by atoms with Crippen LogP contribution in [0.4, 0.5) is 0 Å². The molecular formula is C21H25N3O4S. The summed E-state index contributed by atoms with van der Waals surface area (Å²) < 4.78 is 23.5. The molecular weight excluding hydrogens is 390 g/mol. The van der Waals surface area contributed by atoms with Gasteiger partial charge in [0.15, 0.2) is 11.5 Å². The molecule has 0 N–H and O–H groups in total. The second-order valence-corrected chi connectivity index (χ2v) is 6.82. The molecule has 3 rings (SSSR count). The molecule has 8 heteroatoms. The van der Waals surface area contributed by atoms with E-state index in [-0.39, 0.29) is 0 Å². The van der Waals surface area contributed by atoms with Gasteiger partial charge in [-0.2, -0.15) is 0 Å². The molecule has 0 fully saturated rings. The summed E-state index contributed by atoms with van der Waals surface area (Å²) in [4.78, 5) is 2.41. The molecule has 0 radical (unpaired) electrons. The lowest BCUT2D eigenvalue weighted by atomic mass is 10.2. The van der Waals surface area contributed by atoms with Crippen molar-refractivity contribution < 1.29 is 18.6 Å². The van der Waals surface area contributed by atoms with Gasteiger partial charge in [-0.3, -0.25) is 4.90 Å². The van der Waals surface area contributed by atoms with Crippen LogP contribution in [0.5, 0.6) is 17.2 Å². The third kappa shape index (κ3) is 5.16. The van der Waals surface area contributed by atoms with Crippen LogP contribution >= 0.6 is 12.2 Å². The maximum atomic E-state index is 5.68. The summed E-state index contributed by atoms with van der Waals surface area (Å²) in [5, 5.41) is 4.52. The fourth-order valence-electron chi connectivity index (χ4n) is 2.94. The van der Waals surface area contributed by atoms with Crippen LogP contribution in [-0.2, 0) is 13.2 Å². The number of aromatic nitrogens is 2. The molecule has 0 aliphatic rings. The normalized spacial score (nSPS) is 10.9. The van der Waals surface area contributed by atoms with Gasteiger partial charge in [-0.25, -0.2) is 4.68 Å². The van der Waals surface area contributed by atoms with Gasteiger partial charge in [0.2, 0.25) is 5.89 Å². The van der Waals surface area contributed by atoms with Crippen LogP contribution in [0.25, 0.3) is 11.5 Å². The first kappa shape index (κ1) is 20.9. The second kappa shape index (κ2) is 9.58. The van der Waals surface area contributed by atoms with Gasteiger partial charge in [0.1, 0.15) is 5.75 Å². The van der Waals surface area contributed by atoms with Crippen molar-refractivity contribution in [2.45, 2.75) is 20.1 Å². The van der Waals surface area contributed by atoms with Crippen molar-refractivity contribution in [3.05, 3.63) is 52.9 Å². The monoisotopic (exact) mass is 415 g/mol. The average molecular weight is 416 g/mol. The van der Waals surface area contributed by atoms with Crippen LogP contribution in [0, 0.1) is 4.84 Å². The Balaban J connectivity index is 1.69. The quantitative estimate of drug-likeness (QED) is 0.481. The van der Waals surface area contributed by atoms with Gasteiger partial charge in [-0.15, -0.1) is 5.10 Å². The second-order valence-electron chi connectivity index (χ2n) is 6.47. The molecule has 0 aliphatic heterocycles. The Morgan fingerprint density at radius 2 is 1.79 bits per heavy atom. The molecule has 0 amide bonds. The van der Waals surface area contributed by atoms with E-state index in [1.807, 2.05) is 56.4 Å². The fraction of sp³-hybridized carbons (Fsp3) is 0.333. The molecule has 0 spiro atoms. The highest BCUT2D eigenvalue weighted by molar-refractivity contribution is 7.71. The van der Waals surface area contributed by atoms with Crippen LogP contribution in [0.2, 0.25) is 0 Å². The maximum absolute atomic E-state index is 5.68. The smallest absolute Gasteiger partial charge is 0.288 e. The van der Waals surface area contributed by atoms with E-state index < -0.39 is 0 Å². The van der Waals surface area contributed by atoms with E-state index in [2.05, 4.69) is 10.00 Å². The molecule has 0 saturated heterocycles. The Bertz CT molecular complexity index is 998. The zero-order valence-corrected chi connectivity index (χ0v) is 17.9. The van der Waals surface area contributed by atoms with Crippen molar-refractivity contribution in [2.24, 2.45) is 0 Å². The minimum Gasteiger partial charge on any atom is -0.494 e. The SMILES string of the molecule is CCOc1ccc(-c2nn(CN(C)Cc3ccc(OC)c(OC)c3)c(=S)o2)cc1. The Hall–Kier alpha value is -2.84. The number of hydrogen-bond donors (Lipinski definition) is 0. The maximum Gasteiger partial charge on any atom is 0.288 e. The van der Waals surface area contributed by atoms with Crippen molar-refractivity contribution in [3.63, 3.8) is 0 Å². The third-order valence-corrected chi connectivity index (χ3v) is 4.59. The van der Waals surface area contributed by atoms with Crippen LogP contribution < -0.4 is 14.2 Å². The summed E-state index contributed by atoms with van der Waals surface area (Å²) in [5.41, 5.74) is 1.94. The standard InChI is InChI=1S/C21H25N3O4S/c1-5-27-17-9-7-16(8-10-17)20-22-24(21(29)28-20)14-23(2)13-15-6-11-18(25-3)19(12-15)26-4/h6-12H,5,13-14H2,1-4H3. The lowest BCUT2D eigenvalue weighted by Crippen LogP contribution is -2.22. The summed E-state index contributed by atoms with van der Waals surface area (Å²) in [7, 11) is 5.24. The molecule has 1 heterocycles. The summed E-state index contributed by atoms with van der Waals surface area (Å²) in [5.74, 6) is 2.70. The number of nitrogens with zero attached hydrogens (tertiary/aromatic N) is 3. The number of benzene rings is 2. The molecule has 0 atom stereocenters. The molecule has 1 aromatic heterocycles. The van der Waals surface area contributed by atoms with Gasteiger partial charge in [0, 0.05) is 12.1 Å². The molecule has 29 heavy (non-hydrogen) atoms. The van der Waals surface area contributed by atoms with Gasteiger partial charge in [-0.05, 0) is 68.2 Å². The summed E-state index contributed by atoms with van der Waals surface area (Å²) in [6.45, 7) is 3.76. The number of ether oxygens (including phenoxy) is 3. The predicted octanol–water partition coefficient (Wildman–Crippen LogP) is 4.38. The topological polar surface area (TPSA) is 61.9 Å². The molecule has 7 nitrogen and oxygen atoms in total. The molecule has 0 unspecified atom stereocenters. The van der Waals surface area contributed by atoms with Gasteiger partial charge in [0.05, 0.1) is 27.5 Å². The highest BCUT2D eigenvalue weighted by Crippen LogP contribution is 2.28. The fourth-order valence-corrected chi connectivity index (χ4v) is 3.12. The summed E-state index contributed by atoms with van der Waals surface area (Å²) in [6, 6.07) is 13.5. The van der Waals surface area contributed by atoms with E-state index in [4.69, 9.17) is 30.8 Å². The van der Waals surface area contributed by atoms with Crippen molar-refractivity contribution >= 4 is 12.2 Å². The van der Waals surface area contributed by atoms with Crippen LogP contribution in [0.1, 0.15) is 12.5 Å². The first-order chi connectivity index (χ1) is 14.0. The van der Waals surface area contributed by atoms with E-state index in [9.17, 15) is 0 Å². The minimum atomic E-state index is 0.327. The van der Waals surface area contributed by atoms with E-state index in [0.29, 0.717) is 42.0 Å². The highest BCUT2D eigenvalue weighted by atomic mass is 32.1. The van der Waals surface area contributed by atoms with Crippen molar-refractivity contribution in [3.8, 4) is 28.7 Å². The predicted molar refractivity (Wildman–Crippen MR) is 113 cm³/mol. The van der Waals surface area contributed by atoms with E-state index in [0.717, 1.165) is 16.9 Å². The van der Waals surface area contributed by atoms with Gasteiger partial charge in [0.25, 0.3) is 4.84 Å². The molecule has 154 valence electrons.